The molecule has 0 atom stereocenters. The summed E-state index contributed by atoms with van der Waals surface area (Å²) in [5, 5.41) is 17.9. The van der Waals surface area contributed by atoms with Crippen LogP contribution in [0.5, 0.6) is 5.75 Å². The second-order valence-corrected chi connectivity index (χ2v) is 2.75. The van der Waals surface area contributed by atoms with E-state index in [1.165, 1.54) is 24.3 Å². The number of aromatic hydroxyl groups is 1. The zero-order chi connectivity index (χ0) is 9.84. The molecule has 0 aliphatic carbocycles. The summed E-state index contributed by atoms with van der Waals surface area (Å²) in [4.78, 5) is 0. The molecule has 0 aromatic heterocycles. The van der Waals surface area contributed by atoms with Crippen molar-refractivity contribution in [3.8, 4) is 5.75 Å². The molecule has 0 radical (unpaired) electrons. The number of hydrogen-bond acceptors (Lipinski definition) is 2. The predicted octanol–water partition coefficient (Wildman–Crippen LogP) is 1.85. The minimum absolute atomic E-state index is 0.0473. The summed E-state index contributed by atoms with van der Waals surface area (Å²) >= 11 is 0. The average molecular weight is 182 g/mol. The Balaban J connectivity index is 3.12. The molecule has 0 saturated heterocycles. The zero-order valence-electron chi connectivity index (χ0n) is 7.29. The molecule has 0 amide bonds. The van der Waals surface area contributed by atoms with Crippen LogP contribution >= 0.6 is 0 Å². The van der Waals surface area contributed by atoms with E-state index in [4.69, 9.17) is 5.11 Å². The number of rotatable bonds is 2. The molecule has 0 aliphatic heterocycles. The van der Waals surface area contributed by atoms with Gasteiger partial charge in [-0.25, -0.2) is 4.39 Å². The van der Waals surface area contributed by atoms with E-state index < -0.39 is 5.82 Å². The van der Waals surface area contributed by atoms with Gasteiger partial charge in [0.15, 0.2) is 0 Å². The van der Waals surface area contributed by atoms with Gasteiger partial charge in [0.25, 0.3) is 0 Å². The molecule has 1 aromatic rings. The van der Waals surface area contributed by atoms with Crippen LogP contribution in [0.15, 0.2) is 18.2 Å². The first-order valence-electron chi connectivity index (χ1n) is 3.91. The summed E-state index contributed by atoms with van der Waals surface area (Å²) < 4.78 is 12.8. The van der Waals surface area contributed by atoms with E-state index >= 15 is 0 Å². The van der Waals surface area contributed by atoms with E-state index in [2.05, 4.69) is 0 Å². The van der Waals surface area contributed by atoms with Crippen molar-refractivity contribution in [3.05, 3.63) is 35.2 Å². The molecular formula is C10H11FO2. The Kier molecular flexibility index (Phi) is 3.03. The van der Waals surface area contributed by atoms with Gasteiger partial charge in [-0.3, -0.25) is 0 Å². The van der Waals surface area contributed by atoms with Crippen molar-refractivity contribution in [2.24, 2.45) is 0 Å². The van der Waals surface area contributed by atoms with Crippen molar-refractivity contribution in [2.75, 3.05) is 6.61 Å². The molecule has 3 heteroatoms. The molecule has 0 fully saturated rings. The molecule has 0 saturated carbocycles. The Morgan fingerprint density at radius 1 is 1.46 bits per heavy atom. The van der Waals surface area contributed by atoms with Gasteiger partial charge in [-0.15, -0.1) is 0 Å². The Morgan fingerprint density at radius 2 is 2.15 bits per heavy atom. The van der Waals surface area contributed by atoms with Crippen LogP contribution < -0.4 is 0 Å². The van der Waals surface area contributed by atoms with Gasteiger partial charge in [-0.05, 0) is 24.6 Å². The highest BCUT2D eigenvalue weighted by Crippen LogP contribution is 2.24. The molecule has 13 heavy (non-hydrogen) atoms. The van der Waals surface area contributed by atoms with Crippen molar-refractivity contribution in [3.63, 3.8) is 0 Å². The Labute approximate surface area is 76.0 Å². The second kappa shape index (κ2) is 4.05. The van der Waals surface area contributed by atoms with E-state index in [1.807, 2.05) is 0 Å². The summed E-state index contributed by atoms with van der Waals surface area (Å²) in [6.07, 6.45) is 2.92. The number of aryl methyl sites for hydroxylation is 1. The van der Waals surface area contributed by atoms with Gasteiger partial charge in [0.1, 0.15) is 11.6 Å². The van der Waals surface area contributed by atoms with Gasteiger partial charge in [-0.2, -0.15) is 0 Å². The molecular weight excluding hydrogens is 171 g/mol. The molecule has 0 unspecified atom stereocenters. The zero-order valence-corrected chi connectivity index (χ0v) is 7.29. The minimum Gasteiger partial charge on any atom is -0.507 e. The minimum atomic E-state index is -0.395. The van der Waals surface area contributed by atoms with Gasteiger partial charge in [0.05, 0.1) is 6.61 Å². The van der Waals surface area contributed by atoms with E-state index in [1.54, 1.807) is 6.92 Å². The lowest BCUT2D eigenvalue weighted by atomic mass is 10.1. The standard InChI is InChI=1S/C10H11FO2/c1-7-5-9(11)6-8(10(7)13)3-2-4-12/h2-3,5-6,12-13H,4H2,1H3. The number of benzene rings is 1. The van der Waals surface area contributed by atoms with Crippen molar-refractivity contribution < 1.29 is 14.6 Å². The van der Waals surface area contributed by atoms with E-state index in [0.29, 0.717) is 11.1 Å². The molecule has 0 spiro atoms. The number of halogens is 1. The van der Waals surface area contributed by atoms with Gasteiger partial charge >= 0.3 is 0 Å². The summed E-state index contributed by atoms with van der Waals surface area (Å²) in [7, 11) is 0. The molecule has 1 rings (SSSR count). The highest BCUT2D eigenvalue weighted by molar-refractivity contribution is 5.59. The maximum Gasteiger partial charge on any atom is 0.125 e. The first-order chi connectivity index (χ1) is 6.15. The van der Waals surface area contributed by atoms with Crippen LogP contribution in [0, 0.1) is 12.7 Å². The highest BCUT2D eigenvalue weighted by atomic mass is 19.1. The Morgan fingerprint density at radius 3 is 2.77 bits per heavy atom. The van der Waals surface area contributed by atoms with Crippen LogP contribution in [0.2, 0.25) is 0 Å². The average Bonchev–Trinajstić information content (AvgIpc) is 2.09. The SMILES string of the molecule is Cc1cc(F)cc(C=CCO)c1O. The molecule has 2 nitrogen and oxygen atoms in total. The lowest BCUT2D eigenvalue weighted by Gasteiger charge is -2.02. The molecule has 0 bridgehead atoms. The van der Waals surface area contributed by atoms with Crippen LogP contribution in [0.4, 0.5) is 4.39 Å². The monoisotopic (exact) mass is 182 g/mol. The van der Waals surface area contributed by atoms with E-state index in [-0.39, 0.29) is 12.4 Å². The third kappa shape index (κ3) is 2.29. The van der Waals surface area contributed by atoms with Gasteiger partial charge in [-0.1, -0.05) is 12.2 Å². The largest absolute Gasteiger partial charge is 0.507 e. The number of aliphatic hydroxyl groups excluding tert-OH is 1. The van der Waals surface area contributed by atoms with Crippen LogP contribution in [-0.2, 0) is 0 Å². The topological polar surface area (TPSA) is 40.5 Å². The maximum absolute atomic E-state index is 12.8. The fraction of sp³-hybridized carbons (Fsp3) is 0.200. The quantitative estimate of drug-likeness (QED) is 0.732. The third-order valence-corrected chi connectivity index (χ3v) is 1.70. The van der Waals surface area contributed by atoms with E-state index in [0.717, 1.165) is 0 Å². The van der Waals surface area contributed by atoms with Crippen LogP contribution in [0.1, 0.15) is 11.1 Å². The van der Waals surface area contributed by atoms with Gasteiger partial charge in [0, 0.05) is 5.56 Å². The number of aliphatic hydroxyl groups is 1. The predicted molar refractivity (Wildman–Crippen MR) is 48.9 cm³/mol. The van der Waals surface area contributed by atoms with Crippen LogP contribution in [0.3, 0.4) is 0 Å². The first-order valence-corrected chi connectivity index (χ1v) is 3.91. The van der Waals surface area contributed by atoms with Gasteiger partial charge in [0.2, 0.25) is 0 Å². The second-order valence-electron chi connectivity index (χ2n) is 2.75. The normalized spacial score (nSPS) is 11.0. The van der Waals surface area contributed by atoms with E-state index in [9.17, 15) is 9.50 Å². The number of phenolic OH excluding ortho intramolecular Hbond substituents is 1. The first kappa shape index (κ1) is 9.74. The summed E-state index contributed by atoms with van der Waals surface area (Å²) in [5.41, 5.74) is 0.865. The fourth-order valence-corrected chi connectivity index (χ4v) is 1.07. The number of phenols is 1. The molecule has 70 valence electrons. The van der Waals surface area contributed by atoms with Gasteiger partial charge < -0.3 is 10.2 Å². The lowest BCUT2D eigenvalue weighted by molar-refractivity contribution is 0.343. The molecule has 0 aliphatic rings. The van der Waals surface area contributed by atoms with Crippen molar-refractivity contribution in [1.82, 2.24) is 0 Å². The lowest BCUT2D eigenvalue weighted by Crippen LogP contribution is -1.84. The Hall–Kier alpha value is -1.35. The summed E-state index contributed by atoms with van der Waals surface area (Å²) in [6.45, 7) is 1.49. The van der Waals surface area contributed by atoms with Crippen LogP contribution in [0.25, 0.3) is 6.08 Å². The van der Waals surface area contributed by atoms with Crippen molar-refractivity contribution in [2.45, 2.75) is 6.92 Å². The summed E-state index contributed by atoms with van der Waals surface area (Å²) in [5.74, 6) is -0.348. The van der Waals surface area contributed by atoms with Crippen LogP contribution in [-0.4, -0.2) is 16.8 Å². The summed E-state index contributed by atoms with van der Waals surface area (Å²) in [6, 6.07) is 2.47. The molecule has 1 aromatic carbocycles. The fourth-order valence-electron chi connectivity index (χ4n) is 1.07. The highest BCUT2D eigenvalue weighted by Gasteiger charge is 2.03. The molecule has 0 heterocycles. The molecule has 2 N–H and O–H groups in total. The maximum atomic E-state index is 12.8. The van der Waals surface area contributed by atoms with Crippen molar-refractivity contribution in [1.29, 1.82) is 0 Å². The van der Waals surface area contributed by atoms with Crippen molar-refractivity contribution >= 4 is 6.08 Å². The smallest absolute Gasteiger partial charge is 0.125 e. The number of hydrogen-bond donors (Lipinski definition) is 2. The Bertz CT molecular complexity index is 332. The third-order valence-electron chi connectivity index (χ3n) is 1.70.